The molecule has 0 bridgehead atoms. The number of ether oxygens (including phenoxy) is 3. The van der Waals surface area contributed by atoms with Crippen LogP contribution in [0.2, 0.25) is 0 Å². The first-order valence-electron chi connectivity index (χ1n) is 8.97. The first-order chi connectivity index (χ1) is 14.6. The van der Waals surface area contributed by atoms with Crippen LogP contribution in [0.1, 0.15) is 5.56 Å². The third kappa shape index (κ3) is 4.74. The quantitative estimate of drug-likeness (QED) is 0.567. The molecule has 0 radical (unpaired) electrons. The molecule has 3 aromatic rings. The van der Waals surface area contributed by atoms with Gasteiger partial charge >= 0.3 is 6.61 Å². The van der Waals surface area contributed by atoms with E-state index in [0.717, 1.165) is 5.56 Å². The molecule has 9 heteroatoms. The van der Waals surface area contributed by atoms with Crippen LogP contribution in [-0.4, -0.2) is 30.7 Å². The number of anilines is 1. The number of nitrogens with one attached hydrogen (secondary N) is 1. The van der Waals surface area contributed by atoms with Crippen LogP contribution in [0.15, 0.2) is 53.9 Å². The number of nitrogens with zero attached hydrogens (tertiary/aromatic N) is 1. The van der Waals surface area contributed by atoms with Gasteiger partial charge in [0.2, 0.25) is 5.91 Å². The Hall–Kier alpha value is -3.46. The monoisotopic (exact) mass is 430 g/mol. The Morgan fingerprint density at radius 3 is 2.80 bits per heavy atom. The lowest BCUT2D eigenvalue weighted by atomic mass is 10.1. The van der Waals surface area contributed by atoms with E-state index in [1.54, 1.807) is 41.8 Å². The van der Waals surface area contributed by atoms with Gasteiger partial charge in [0.1, 0.15) is 19.0 Å². The van der Waals surface area contributed by atoms with Crippen molar-refractivity contribution in [2.75, 3.05) is 18.5 Å². The molecular formula is C21H16F2N2O4S. The van der Waals surface area contributed by atoms with Crippen molar-refractivity contribution in [3.63, 3.8) is 0 Å². The average molecular weight is 430 g/mol. The van der Waals surface area contributed by atoms with E-state index >= 15 is 0 Å². The maximum atomic E-state index is 12.6. The van der Waals surface area contributed by atoms with E-state index in [1.165, 1.54) is 23.5 Å². The first kappa shape index (κ1) is 19.8. The number of thiazole rings is 1. The van der Waals surface area contributed by atoms with Crippen LogP contribution in [-0.2, 0) is 4.79 Å². The molecule has 1 aliphatic heterocycles. The highest BCUT2D eigenvalue weighted by atomic mass is 32.1. The van der Waals surface area contributed by atoms with Gasteiger partial charge in [0.15, 0.2) is 16.6 Å². The van der Waals surface area contributed by atoms with Gasteiger partial charge in [0.25, 0.3) is 0 Å². The zero-order chi connectivity index (χ0) is 20.9. The van der Waals surface area contributed by atoms with Crippen LogP contribution in [0.25, 0.3) is 17.3 Å². The third-order valence-electron chi connectivity index (χ3n) is 4.11. The molecule has 1 N–H and O–H groups in total. The summed E-state index contributed by atoms with van der Waals surface area (Å²) in [5.41, 5.74) is 1.64. The number of hydrogen-bond acceptors (Lipinski definition) is 6. The SMILES string of the molecule is O=C(/C=C/c1ccc2c(c1)OCCO2)Nc1nc(-c2ccccc2OC(F)F)cs1. The summed E-state index contributed by atoms with van der Waals surface area (Å²) in [5, 5.41) is 4.66. The lowest BCUT2D eigenvalue weighted by Gasteiger charge is -2.18. The molecule has 0 aliphatic carbocycles. The lowest BCUT2D eigenvalue weighted by Crippen LogP contribution is -2.15. The van der Waals surface area contributed by atoms with E-state index in [2.05, 4.69) is 15.0 Å². The van der Waals surface area contributed by atoms with Crippen molar-refractivity contribution in [2.24, 2.45) is 0 Å². The van der Waals surface area contributed by atoms with Crippen LogP contribution >= 0.6 is 11.3 Å². The Labute approximate surface area is 174 Å². The van der Waals surface area contributed by atoms with Gasteiger partial charge in [-0.3, -0.25) is 10.1 Å². The first-order valence-corrected chi connectivity index (χ1v) is 9.85. The molecule has 1 aromatic heterocycles. The summed E-state index contributed by atoms with van der Waals surface area (Å²) < 4.78 is 40.7. The Morgan fingerprint density at radius 2 is 1.97 bits per heavy atom. The fourth-order valence-electron chi connectivity index (χ4n) is 2.81. The number of rotatable bonds is 6. The highest BCUT2D eigenvalue weighted by molar-refractivity contribution is 7.14. The van der Waals surface area contributed by atoms with E-state index in [0.29, 0.717) is 41.1 Å². The summed E-state index contributed by atoms with van der Waals surface area (Å²) >= 11 is 1.18. The fraction of sp³-hybridized carbons (Fsp3) is 0.143. The second-order valence-corrected chi connectivity index (χ2v) is 7.00. The molecular weight excluding hydrogens is 414 g/mol. The Bertz CT molecular complexity index is 1080. The average Bonchev–Trinajstić information content (AvgIpc) is 3.20. The van der Waals surface area contributed by atoms with Gasteiger partial charge in [-0.15, -0.1) is 11.3 Å². The van der Waals surface area contributed by atoms with Crippen LogP contribution in [0.4, 0.5) is 13.9 Å². The van der Waals surface area contributed by atoms with Crippen molar-refractivity contribution >= 4 is 28.5 Å². The van der Waals surface area contributed by atoms with E-state index in [9.17, 15) is 13.6 Å². The van der Waals surface area contributed by atoms with E-state index in [1.807, 2.05) is 6.07 Å². The number of aromatic nitrogens is 1. The molecule has 0 saturated heterocycles. The van der Waals surface area contributed by atoms with E-state index in [4.69, 9.17) is 9.47 Å². The predicted molar refractivity (Wildman–Crippen MR) is 109 cm³/mol. The summed E-state index contributed by atoms with van der Waals surface area (Å²) in [5.74, 6) is 0.962. The van der Waals surface area contributed by atoms with Crippen molar-refractivity contribution in [3.05, 3.63) is 59.5 Å². The van der Waals surface area contributed by atoms with Gasteiger partial charge in [0, 0.05) is 17.0 Å². The van der Waals surface area contributed by atoms with E-state index in [-0.39, 0.29) is 11.7 Å². The standard InChI is InChI=1S/C21H16F2N2O4S/c22-20(23)29-16-4-2-1-3-14(16)15-12-30-21(24-15)25-19(26)8-6-13-5-7-17-18(11-13)28-10-9-27-17/h1-8,11-12,20H,9-10H2,(H,24,25,26)/b8-6+. The normalized spacial score (nSPS) is 12.9. The molecule has 0 spiro atoms. The minimum atomic E-state index is -2.94. The van der Waals surface area contributed by atoms with Crippen LogP contribution in [0.5, 0.6) is 17.2 Å². The number of alkyl halides is 2. The van der Waals surface area contributed by atoms with Gasteiger partial charge in [-0.2, -0.15) is 8.78 Å². The zero-order valence-corrected chi connectivity index (χ0v) is 16.3. The summed E-state index contributed by atoms with van der Waals surface area (Å²) in [4.78, 5) is 16.5. The van der Waals surface area contributed by atoms with Gasteiger partial charge in [-0.1, -0.05) is 18.2 Å². The summed E-state index contributed by atoms with van der Waals surface area (Å²) in [6.07, 6.45) is 3.02. The number of benzene rings is 2. The smallest absolute Gasteiger partial charge is 0.387 e. The second-order valence-electron chi connectivity index (χ2n) is 6.14. The van der Waals surface area contributed by atoms with Crippen LogP contribution in [0.3, 0.4) is 0 Å². The van der Waals surface area contributed by atoms with Gasteiger partial charge in [0.05, 0.1) is 5.69 Å². The predicted octanol–water partition coefficient (Wildman–Crippen LogP) is 4.83. The lowest BCUT2D eigenvalue weighted by molar-refractivity contribution is -0.111. The van der Waals surface area contributed by atoms with Gasteiger partial charge < -0.3 is 14.2 Å². The summed E-state index contributed by atoms with van der Waals surface area (Å²) in [6.45, 7) is -1.94. The third-order valence-corrected chi connectivity index (χ3v) is 4.86. The summed E-state index contributed by atoms with van der Waals surface area (Å²) in [7, 11) is 0. The Morgan fingerprint density at radius 1 is 1.17 bits per heavy atom. The van der Waals surface area contributed by atoms with Crippen LogP contribution < -0.4 is 19.5 Å². The topological polar surface area (TPSA) is 69.7 Å². The molecule has 0 fully saturated rings. The number of halogens is 2. The number of hydrogen-bond donors (Lipinski definition) is 1. The zero-order valence-electron chi connectivity index (χ0n) is 15.5. The molecule has 0 unspecified atom stereocenters. The number of fused-ring (bicyclic) bond motifs is 1. The number of carbonyl (C=O) groups excluding carboxylic acids is 1. The van der Waals surface area contributed by atoms with Crippen molar-refractivity contribution < 1.29 is 27.8 Å². The van der Waals surface area contributed by atoms with Gasteiger partial charge in [-0.05, 0) is 35.9 Å². The number of carbonyl (C=O) groups is 1. The molecule has 2 heterocycles. The van der Waals surface area contributed by atoms with Crippen molar-refractivity contribution in [1.29, 1.82) is 0 Å². The molecule has 0 saturated carbocycles. The number of para-hydroxylation sites is 1. The van der Waals surface area contributed by atoms with Crippen molar-refractivity contribution in [3.8, 4) is 28.5 Å². The van der Waals surface area contributed by atoms with Crippen LogP contribution in [0, 0.1) is 0 Å². The fourth-order valence-corrected chi connectivity index (χ4v) is 3.53. The maximum Gasteiger partial charge on any atom is 0.387 e. The summed E-state index contributed by atoms with van der Waals surface area (Å²) in [6, 6.07) is 11.8. The molecule has 0 atom stereocenters. The maximum absolute atomic E-state index is 12.6. The minimum Gasteiger partial charge on any atom is -0.486 e. The molecule has 154 valence electrons. The largest absolute Gasteiger partial charge is 0.486 e. The van der Waals surface area contributed by atoms with Gasteiger partial charge in [-0.25, -0.2) is 4.98 Å². The van der Waals surface area contributed by atoms with E-state index < -0.39 is 6.61 Å². The van der Waals surface area contributed by atoms with Crippen molar-refractivity contribution in [2.45, 2.75) is 6.61 Å². The number of amides is 1. The Kier molecular flexibility index (Phi) is 5.89. The molecule has 2 aromatic carbocycles. The van der Waals surface area contributed by atoms with Crippen molar-refractivity contribution in [1.82, 2.24) is 4.98 Å². The Balaban J connectivity index is 1.43. The molecule has 30 heavy (non-hydrogen) atoms. The molecule has 1 amide bonds. The second kappa shape index (κ2) is 8.91. The molecule has 1 aliphatic rings. The molecule has 4 rings (SSSR count). The molecule has 6 nitrogen and oxygen atoms in total. The highest BCUT2D eigenvalue weighted by Crippen LogP contribution is 2.33. The minimum absolute atomic E-state index is 0.0224. The highest BCUT2D eigenvalue weighted by Gasteiger charge is 2.14.